The van der Waals surface area contributed by atoms with Crippen molar-refractivity contribution < 1.29 is 9.59 Å². The van der Waals surface area contributed by atoms with Crippen molar-refractivity contribution in [3.8, 4) is 0 Å². The van der Waals surface area contributed by atoms with E-state index in [1.54, 1.807) is 0 Å². The second-order valence-corrected chi connectivity index (χ2v) is 6.15. The van der Waals surface area contributed by atoms with Crippen LogP contribution in [0.2, 0.25) is 0 Å². The van der Waals surface area contributed by atoms with Gasteiger partial charge in [-0.25, -0.2) is 0 Å². The molecule has 0 aliphatic carbocycles. The van der Waals surface area contributed by atoms with Crippen molar-refractivity contribution in [2.75, 3.05) is 11.9 Å². The van der Waals surface area contributed by atoms with Crippen LogP contribution in [0, 0.1) is 6.92 Å². The molecule has 0 aromatic heterocycles. The Hall–Kier alpha value is -2.14. The van der Waals surface area contributed by atoms with Gasteiger partial charge < -0.3 is 10.6 Å². The first-order valence-electron chi connectivity index (χ1n) is 7.41. The second kappa shape index (κ2) is 8.48. The van der Waals surface area contributed by atoms with Crippen LogP contribution < -0.4 is 10.6 Å². The van der Waals surface area contributed by atoms with Gasteiger partial charge in [-0.1, -0.05) is 36.4 Å². The third-order valence-corrected chi connectivity index (χ3v) is 3.94. The fraction of sp³-hybridized carbons (Fsp3) is 0.222. The van der Waals surface area contributed by atoms with Gasteiger partial charge in [-0.05, 0) is 46.1 Å². The van der Waals surface area contributed by atoms with Gasteiger partial charge in [0.05, 0.1) is 12.1 Å². The molecule has 0 saturated heterocycles. The summed E-state index contributed by atoms with van der Waals surface area (Å²) in [6, 6.07) is 15.2. The molecule has 0 heterocycles. The van der Waals surface area contributed by atoms with Crippen LogP contribution in [0.15, 0.2) is 53.0 Å². The normalized spacial score (nSPS) is 10.2. The standard InChI is InChI=1S/C18H19BrN2O2/c1-13-7-8-16(15(19)11-13)21-17(22)9-10-20-18(23)12-14-5-3-2-4-6-14/h2-8,11H,9-10,12H2,1H3,(H,20,23)(H,21,22). The third-order valence-electron chi connectivity index (χ3n) is 3.28. The summed E-state index contributed by atoms with van der Waals surface area (Å²) in [4.78, 5) is 23.7. The van der Waals surface area contributed by atoms with Gasteiger partial charge in [0.25, 0.3) is 0 Å². The minimum atomic E-state index is -0.130. The molecule has 5 heteroatoms. The molecule has 120 valence electrons. The largest absolute Gasteiger partial charge is 0.355 e. The highest BCUT2D eigenvalue weighted by atomic mass is 79.9. The van der Waals surface area contributed by atoms with E-state index in [1.807, 2.05) is 55.5 Å². The number of hydrogen-bond acceptors (Lipinski definition) is 2. The van der Waals surface area contributed by atoms with Gasteiger partial charge in [0.15, 0.2) is 0 Å². The maximum absolute atomic E-state index is 11.9. The highest BCUT2D eigenvalue weighted by molar-refractivity contribution is 9.10. The molecule has 0 unspecified atom stereocenters. The van der Waals surface area contributed by atoms with E-state index >= 15 is 0 Å². The van der Waals surface area contributed by atoms with E-state index in [4.69, 9.17) is 0 Å². The van der Waals surface area contributed by atoms with Crippen molar-refractivity contribution in [2.24, 2.45) is 0 Å². The predicted molar refractivity (Wildman–Crippen MR) is 95.3 cm³/mol. The Kier molecular flexibility index (Phi) is 6.35. The van der Waals surface area contributed by atoms with E-state index in [0.29, 0.717) is 13.0 Å². The zero-order valence-electron chi connectivity index (χ0n) is 12.9. The molecule has 4 nitrogen and oxygen atoms in total. The molecule has 0 saturated carbocycles. The molecule has 0 atom stereocenters. The summed E-state index contributed by atoms with van der Waals surface area (Å²) < 4.78 is 0.846. The smallest absolute Gasteiger partial charge is 0.226 e. The summed E-state index contributed by atoms with van der Waals surface area (Å²) in [7, 11) is 0. The maximum atomic E-state index is 11.9. The first kappa shape index (κ1) is 17.2. The van der Waals surface area contributed by atoms with E-state index in [9.17, 15) is 9.59 Å². The van der Waals surface area contributed by atoms with E-state index < -0.39 is 0 Å². The van der Waals surface area contributed by atoms with E-state index in [0.717, 1.165) is 21.3 Å². The Labute approximate surface area is 144 Å². The molecule has 2 aromatic carbocycles. The van der Waals surface area contributed by atoms with Gasteiger partial charge in [0, 0.05) is 17.4 Å². The number of halogens is 1. The molecule has 2 N–H and O–H groups in total. The summed E-state index contributed by atoms with van der Waals surface area (Å²) in [5, 5.41) is 5.58. The summed E-state index contributed by atoms with van der Waals surface area (Å²) in [6.45, 7) is 2.31. The number of rotatable bonds is 6. The van der Waals surface area contributed by atoms with Gasteiger partial charge in [0.2, 0.25) is 11.8 Å². The SMILES string of the molecule is Cc1ccc(NC(=O)CCNC(=O)Cc2ccccc2)c(Br)c1. The number of aryl methyl sites for hydroxylation is 1. The molecular formula is C18H19BrN2O2. The van der Waals surface area contributed by atoms with Crippen LogP contribution in [0.5, 0.6) is 0 Å². The number of carbonyl (C=O) groups is 2. The van der Waals surface area contributed by atoms with Gasteiger partial charge in [-0.3, -0.25) is 9.59 Å². The molecular weight excluding hydrogens is 356 g/mol. The Morgan fingerprint density at radius 3 is 2.48 bits per heavy atom. The van der Waals surface area contributed by atoms with Gasteiger partial charge in [-0.15, -0.1) is 0 Å². The van der Waals surface area contributed by atoms with E-state index in [-0.39, 0.29) is 18.2 Å². The lowest BCUT2D eigenvalue weighted by Gasteiger charge is -2.09. The lowest BCUT2D eigenvalue weighted by atomic mass is 10.1. The molecule has 0 radical (unpaired) electrons. The first-order valence-corrected chi connectivity index (χ1v) is 8.20. The van der Waals surface area contributed by atoms with E-state index in [2.05, 4.69) is 26.6 Å². The summed E-state index contributed by atoms with van der Waals surface area (Å²) in [5.74, 6) is -0.213. The Morgan fingerprint density at radius 1 is 1.04 bits per heavy atom. The lowest BCUT2D eigenvalue weighted by Crippen LogP contribution is -2.28. The number of hydrogen-bond donors (Lipinski definition) is 2. The minimum Gasteiger partial charge on any atom is -0.355 e. The topological polar surface area (TPSA) is 58.2 Å². The van der Waals surface area contributed by atoms with Crippen LogP contribution >= 0.6 is 15.9 Å². The van der Waals surface area contributed by atoms with Gasteiger partial charge in [-0.2, -0.15) is 0 Å². The van der Waals surface area contributed by atoms with Crippen LogP contribution in [0.3, 0.4) is 0 Å². The molecule has 2 aromatic rings. The van der Waals surface area contributed by atoms with Crippen LogP contribution in [0.25, 0.3) is 0 Å². The fourth-order valence-corrected chi connectivity index (χ4v) is 2.69. The number of nitrogens with one attached hydrogen (secondary N) is 2. The highest BCUT2D eigenvalue weighted by Gasteiger charge is 2.07. The average Bonchev–Trinajstić information content (AvgIpc) is 2.51. The Balaban J connectivity index is 1.73. The van der Waals surface area contributed by atoms with Crippen LogP contribution in [-0.2, 0) is 16.0 Å². The fourth-order valence-electron chi connectivity index (χ4n) is 2.09. The van der Waals surface area contributed by atoms with Crippen molar-refractivity contribution >= 4 is 33.4 Å². The van der Waals surface area contributed by atoms with Crippen molar-refractivity contribution in [1.82, 2.24) is 5.32 Å². The maximum Gasteiger partial charge on any atom is 0.226 e. The Morgan fingerprint density at radius 2 is 1.78 bits per heavy atom. The van der Waals surface area contributed by atoms with Gasteiger partial charge in [0.1, 0.15) is 0 Å². The van der Waals surface area contributed by atoms with Crippen molar-refractivity contribution in [3.63, 3.8) is 0 Å². The van der Waals surface area contributed by atoms with Crippen molar-refractivity contribution in [1.29, 1.82) is 0 Å². The number of carbonyl (C=O) groups excluding carboxylic acids is 2. The molecule has 23 heavy (non-hydrogen) atoms. The predicted octanol–water partition coefficient (Wildman–Crippen LogP) is 3.45. The number of benzene rings is 2. The minimum absolute atomic E-state index is 0.0829. The van der Waals surface area contributed by atoms with Crippen LogP contribution in [-0.4, -0.2) is 18.4 Å². The first-order chi connectivity index (χ1) is 11.0. The van der Waals surface area contributed by atoms with Crippen LogP contribution in [0.4, 0.5) is 5.69 Å². The van der Waals surface area contributed by atoms with Crippen molar-refractivity contribution in [3.05, 3.63) is 64.1 Å². The van der Waals surface area contributed by atoms with Crippen molar-refractivity contribution in [2.45, 2.75) is 19.8 Å². The molecule has 2 amide bonds. The quantitative estimate of drug-likeness (QED) is 0.813. The zero-order valence-corrected chi connectivity index (χ0v) is 14.5. The second-order valence-electron chi connectivity index (χ2n) is 5.29. The van der Waals surface area contributed by atoms with Crippen LogP contribution in [0.1, 0.15) is 17.5 Å². The zero-order chi connectivity index (χ0) is 16.7. The molecule has 0 bridgehead atoms. The highest BCUT2D eigenvalue weighted by Crippen LogP contribution is 2.23. The summed E-state index contributed by atoms with van der Waals surface area (Å²) in [6.07, 6.45) is 0.562. The number of anilines is 1. The molecule has 2 rings (SSSR count). The molecule has 0 spiro atoms. The molecule has 0 fully saturated rings. The van der Waals surface area contributed by atoms with E-state index in [1.165, 1.54) is 0 Å². The third kappa shape index (κ3) is 5.87. The Bertz CT molecular complexity index is 687. The molecule has 0 aliphatic heterocycles. The van der Waals surface area contributed by atoms with Gasteiger partial charge >= 0.3 is 0 Å². The monoisotopic (exact) mass is 374 g/mol. The lowest BCUT2D eigenvalue weighted by molar-refractivity contribution is -0.120. The summed E-state index contributed by atoms with van der Waals surface area (Å²) in [5.41, 5.74) is 2.80. The molecule has 0 aliphatic rings. The average molecular weight is 375 g/mol. The number of amides is 2. The summed E-state index contributed by atoms with van der Waals surface area (Å²) >= 11 is 3.42.